The first kappa shape index (κ1) is 16.4. The minimum absolute atomic E-state index is 0.115. The van der Waals surface area contributed by atoms with Crippen molar-refractivity contribution in [1.82, 2.24) is 9.80 Å². The Labute approximate surface area is 139 Å². The zero-order chi connectivity index (χ0) is 15.7. The van der Waals surface area contributed by atoms with Crippen molar-refractivity contribution in [2.24, 2.45) is 0 Å². The second kappa shape index (κ2) is 6.98. The number of ether oxygens (including phenoxy) is 2. The highest BCUT2D eigenvalue weighted by Crippen LogP contribution is 2.44. The number of hydrogen-bond donors (Lipinski definition) is 0. The van der Waals surface area contributed by atoms with Gasteiger partial charge in [0, 0.05) is 24.6 Å². The Morgan fingerprint density at radius 1 is 0.909 bits per heavy atom. The normalized spacial score (nSPS) is 35.0. The van der Waals surface area contributed by atoms with Crippen LogP contribution in [0.3, 0.4) is 0 Å². The molecule has 0 aliphatic carbocycles. The summed E-state index contributed by atoms with van der Waals surface area (Å²) in [5.41, 5.74) is 0. The summed E-state index contributed by atoms with van der Waals surface area (Å²) in [6.07, 6.45) is 0. The van der Waals surface area contributed by atoms with Crippen molar-refractivity contribution in [3.8, 4) is 0 Å². The third kappa shape index (κ3) is 2.86. The highest BCUT2D eigenvalue weighted by atomic mass is 32.2. The summed E-state index contributed by atoms with van der Waals surface area (Å²) < 4.78 is 10.4. The molecule has 8 heteroatoms. The number of fused-ring (bicyclic) bond motifs is 3. The van der Waals surface area contributed by atoms with Crippen LogP contribution < -0.4 is 0 Å². The van der Waals surface area contributed by atoms with Gasteiger partial charge in [-0.1, -0.05) is 0 Å². The van der Waals surface area contributed by atoms with Crippen LogP contribution in [-0.2, 0) is 19.1 Å². The molecule has 0 aromatic heterocycles. The van der Waals surface area contributed by atoms with Crippen LogP contribution in [0.5, 0.6) is 0 Å². The monoisotopic (exact) mass is 346 g/mol. The molecule has 3 aliphatic heterocycles. The Bertz CT molecular complexity index is 411. The summed E-state index contributed by atoms with van der Waals surface area (Å²) >= 11 is 3.61. The Kier molecular flexibility index (Phi) is 5.21. The lowest BCUT2D eigenvalue weighted by Crippen LogP contribution is -2.59. The van der Waals surface area contributed by atoms with Crippen LogP contribution >= 0.6 is 23.5 Å². The Morgan fingerprint density at radius 3 is 1.68 bits per heavy atom. The van der Waals surface area contributed by atoms with Crippen molar-refractivity contribution in [2.75, 3.05) is 37.8 Å². The summed E-state index contributed by atoms with van der Waals surface area (Å²) in [7, 11) is 0. The average Bonchev–Trinajstić information content (AvgIpc) is 3.11. The SMILES string of the molecule is CCOC(=O)[C@@H]1CSC2C3SC[C@@H](C(=O)OCC)N3CCN21. The lowest BCUT2D eigenvalue weighted by molar-refractivity contribution is -0.152. The molecule has 0 amide bonds. The first-order chi connectivity index (χ1) is 10.7. The van der Waals surface area contributed by atoms with E-state index in [1.54, 1.807) is 23.5 Å². The minimum Gasteiger partial charge on any atom is -0.465 e. The molecule has 22 heavy (non-hydrogen) atoms. The number of nitrogens with zero attached hydrogens (tertiary/aromatic N) is 2. The zero-order valence-electron chi connectivity index (χ0n) is 12.9. The van der Waals surface area contributed by atoms with E-state index in [1.165, 1.54) is 0 Å². The molecule has 0 saturated carbocycles. The maximum atomic E-state index is 12.1. The molecule has 0 N–H and O–H groups in total. The van der Waals surface area contributed by atoms with Gasteiger partial charge in [-0.15, -0.1) is 23.5 Å². The smallest absolute Gasteiger partial charge is 0.324 e. The van der Waals surface area contributed by atoms with E-state index in [1.807, 2.05) is 13.8 Å². The predicted octanol–water partition coefficient (Wildman–Crippen LogP) is 0.613. The quantitative estimate of drug-likeness (QED) is 0.687. The Hall–Kier alpha value is -0.440. The van der Waals surface area contributed by atoms with E-state index in [9.17, 15) is 9.59 Å². The highest BCUT2D eigenvalue weighted by Gasteiger charge is 2.52. The van der Waals surface area contributed by atoms with E-state index < -0.39 is 0 Å². The van der Waals surface area contributed by atoms with E-state index >= 15 is 0 Å². The number of carbonyl (C=O) groups is 2. The van der Waals surface area contributed by atoms with E-state index in [2.05, 4.69) is 9.80 Å². The topological polar surface area (TPSA) is 59.1 Å². The van der Waals surface area contributed by atoms with Crippen LogP contribution in [0.4, 0.5) is 0 Å². The van der Waals surface area contributed by atoms with Crippen LogP contribution in [0, 0.1) is 0 Å². The van der Waals surface area contributed by atoms with Crippen LogP contribution in [0.15, 0.2) is 0 Å². The second-order valence-electron chi connectivity index (χ2n) is 5.46. The van der Waals surface area contributed by atoms with Gasteiger partial charge in [-0.25, -0.2) is 0 Å². The first-order valence-electron chi connectivity index (χ1n) is 7.75. The fourth-order valence-corrected chi connectivity index (χ4v) is 6.71. The van der Waals surface area contributed by atoms with E-state index in [0.29, 0.717) is 13.2 Å². The Morgan fingerprint density at radius 2 is 1.32 bits per heavy atom. The summed E-state index contributed by atoms with van der Waals surface area (Å²) in [4.78, 5) is 28.7. The number of piperazine rings is 1. The number of carbonyl (C=O) groups excluding carboxylic acids is 2. The van der Waals surface area contributed by atoms with Gasteiger partial charge in [-0.05, 0) is 13.8 Å². The molecule has 0 bridgehead atoms. The van der Waals surface area contributed by atoms with Gasteiger partial charge < -0.3 is 9.47 Å². The molecular weight excluding hydrogens is 324 g/mol. The lowest BCUT2D eigenvalue weighted by atomic mass is 10.2. The highest BCUT2D eigenvalue weighted by molar-refractivity contribution is 8.04. The molecule has 0 radical (unpaired) electrons. The van der Waals surface area contributed by atoms with Crippen molar-refractivity contribution in [3.05, 3.63) is 0 Å². The Balaban J connectivity index is 1.67. The number of thioether (sulfide) groups is 2. The molecule has 124 valence electrons. The van der Waals surface area contributed by atoms with E-state index in [4.69, 9.17) is 9.47 Å². The molecule has 3 rings (SSSR count). The summed E-state index contributed by atoms with van der Waals surface area (Å²) in [5.74, 6) is 1.32. The molecule has 6 nitrogen and oxygen atoms in total. The molecule has 0 aromatic carbocycles. The molecule has 3 heterocycles. The van der Waals surface area contributed by atoms with Crippen LogP contribution in [-0.4, -0.2) is 82.4 Å². The van der Waals surface area contributed by atoms with Crippen LogP contribution in [0.2, 0.25) is 0 Å². The summed E-state index contributed by atoms with van der Waals surface area (Å²) in [6, 6.07) is -0.279. The third-order valence-electron chi connectivity index (χ3n) is 4.28. The van der Waals surface area contributed by atoms with Crippen LogP contribution in [0.1, 0.15) is 13.8 Å². The minimum atomic E-state index is -0.139. The first-order valence-corrected chi connectivity index (χ1v) is 9.85. The fourth-order valence-electron chi connectivity index (χ4n) is 3.29. The van der Waals surface area contributed by atoms with Crippen molar-refractivity contribution < 1.29 is 19.1 Å². The number of esters is 2. The summed E-state index contributed by atoms with van der Waals surface area (Å²) in [5, 5.41) is 0.514. The molecule has 3 saturated heterocycles. The molecule has 4 atom stereocenters. The molecular formula is C14H22N2O4S2. The van der Waals surface area contributed by atoms with Gasteiger partial charge in [0.2, 0.25) is 0 Å². The van der Waals surface area contributed by atoms with Crippen LogP contribution in [0.25, 0.3) is 0 Å². The third-order valence-corrected chi connectivity index (χ3v) is 7.21. The maximum absolute atomic E-state index is 12.1. The molecule has 0 aromatic rings. The van der Waals surface area contributed by atoms with Gasteiger partial charge in [0.25, 0.3) is 0 Å². The second-order valence-corrected chi connectivity index (χ2v) is 7.76. The predicted molar refractivity (Wildman–Crippen MR) is 86.7 cm³/mol. The molecule has 3 fully saturated rings. The van der Waals surface area contributed by atoms with E-state index in [0.717, 1.165) is 24.6 Å². The van der Waals surface area contributed by atoms with Gasteiger partial charge in [-0.3, -0.25) is 19.4 Å². The lowest BCUT2D eigenvalue weighted by Gasteiger charge is -2.42. The molecule has 3 aliphatic rings. The van der Waals surface area contributed by atoms with Crippen molar-refractivity contribution >= 4 is 35.5 Å². The molecule has 2 unspecified atom stereocenters. The van der Waals surface area contributed by atoms with Gasteiger partial charge in [0.1, 0.15) is 12.1 Å². The van der Waals surface area contributed by atoms with Crippen molar-refractivity contribution in [1.29, 1.82) is 0 Å². The summed E-state index contributed by atoms with van der Waals surface area (Å²) in [6.45, 7) is 6.13. The maximum Gasteiger partial charge on any atom is 0.324 e. The largest absolute Gasteiger partial charge is 0.465 e. The fraction of sp³-hybridized carbons (Fsp3) is 0.857. The number of rotatable bonds is 4. The van der Waals surface area contributed by atoms with Crippen molar-refractivity contribution in [3.63, 3.8) is 0 Å². The van der Waals surface area contributed by atoms with Crippen molar-refractivity contribution in [2.45, 2.75) is 36.7 Å². The average molecular weight is 346 g/mol. The van der Waals surface area contributed by atoms with E-state index in [-0.39, 0.29) is 34.8 Å². The van der Waals surface area contributed by atoms with Gasteiger partial charge >= 0.3 is 11.9 Å². The zero-order valence-corrected chi connectivity index (χ0v) is 14.5. The molecule has 0 spiro atoms. The standard InChI is InChI=1S/C14H22N2O4S2/c1-3-19-13(17)9-7-21-11-12-16(6-5-15(9)11)10(8-22-12)14(18)20-4-2/h9-12H,3-8H2,1-2H3/t9-,10-,11?,12?/m0/s1. The van der Waals surface area contributed by atoms with Gasteiger partial charge in [0.15, 0.2) is 0 Å². The van der Waals surface area contributed by atoms with Gasteiger partial charge in [-0.2, -0.15) is 0 Å². The van der Waals surface area contributed by atoms with Gasteiger partial charge in [0.05, 0.1) is 24.0 Å². The number of hydrogen-bond acceptors (Lipinski definition) is 8.